The van der Waals surface area contributed by atoms with E-state index in [1.165, 1.54) is 29.0 Å². The van der Waals surface area contributed by atoms with Crippen molar-refractivity contribution in [1.29, 1.82) is 0 Å². The molecule has 6 aromatic rings. The number of H-pyrrole nitrogens is 1. The number of alkyl halides is 1. The molecular weight excluding hydrogens is 979 g/mol. The normalized spacial score (nSPS) is 20.3. The lowest BCUT2D eigenvalue weighted by Crippen LogP contribution is -2.68. The van der Waals surface area contributed by atoms with Crippen LogP contribution in [0.25, 0.3) is 11.0 Å². The number of nitro benzene ring substituents is 1. The number of ether oxygens (including phenoxy) is 2. The zero-order valence-electron chi connectivity index (χ0n) is 43.0. The molecule has 1 aliphatic carbocycles. The molecule has 0 bridgehead atoms. The highest BCUT2D eigenvalue weighted by molar-refractivity contribution is 7.90. The van der Waals surface area contributed by atoms with Crippen molar-refractivity contribution in [1.82, 2.24) is 24.5 Å². The molecule has 75 heavy (non-hydrogen) atoms. The van der Waals surface area contributed by atoms with Gasteiger partial charge in [0, 0.05) is 102 Å². The molecule has 3 N–H and O–H groups in total. The monoisotopic (exact) mass is 1040 g/mol. The van der Waals surface area contributed by atoms with Crippen LogP contribution in [0, 0.1) is 27.3 Å². The Morgan fingerprint density at radius 1 is 0.933 bits per heavy atom. The smallest absolute Gasteiger partial charge is 0.293 e. The Bertz CT molecular complexity index is 3150. The quantitative estimate of drug-likeness (QED) is 0.0619. The second-order valence-corrected chi connectivity index (χ2v) is 23.5. The summed E-state index contributed by atoms with van der Waals surface area (Å²) in [6, 6.07) is 29.3. The fraction of sp³-hybridized carbons (Fsp3) is 0.439. The number of nitrogens with one attached hydrogen (secondary N) is 3. The first-order valence-electron chi connectivity index (χ1n) is 26.1. The summed E-state index contributed by atoms with van der Waals surface area (Å²) in [4.78, 5) is 39.7. The van der Waals surface area contributed by atoms with Crippen LogP contribution in [0.4, 0.5) is 25.8 Å². The van der Waals surface area contributed by atoms with Crippen LogP contribution in [0.2, 0.25) is 0 Å². The number of nitro groups is 1. The largest absolute Gasteiger partial charge is 0.455 e. The number of aromatic amines is 1. The summed E-state index contributed by atoms with van der Waals surface area (Å²) in [5.74, 6) is -1.03. The molecule has 1 atom stereocenters. The summed E-state index contributed by atoms with van der Waals surface area (Å²) in [6.45, 7) is 14.2. The average molecular weight is 1050 g/mol. The number of sulfonamides is 1. The van der Waals surface area contributed by atoms with E-state index in [-0.39, 0.29) is 66.4 Å². The Hall–Kier alpha value is -6.47. The lowest BCUT2D eigenvalue weighted by molar-refractivity contribution is -0.384. The molecule has 2 aromatic heterocycles. The fourth-order valence-electron chi connectivity index (χ4n) is 12.0. The summed E-state index contributed by atoms with van der Waals surface area (Å²) >= 11 is 0. The van der Waals surface area contributed by atoms with Crippen LogP contribution in [0.3, 0.4) is 0 Å². The Kier molecular flexibility index (Phi) is 14.5. The van der Waals surface area contributed by atoms with Crippen molar-refractivity contribution in [2.45, 2.75) is 101 Å². The molecule has 18 heteroatoms. The van der Waals surface area contributed by atoms with Crippen molar-refractivity contribution in [2.24, 2.45) is 11.3 Å². The van der Waals surface area contributed by atoms with Crippen LogP contribution in [0.5, 0.6) is 11.5 Å². The van der Waals surface area contributed by atoms with Gasteiger partial charge in [-0.05, 0) is 90.0 Å². The molecule has 1 spiro atoms. The summed E-state index contributed by atoms with van der Waals surface area (Å²) in [5, 5.41) is 15.6. The molecule has 3 aliphatic heterocycles. The van der Waals surface area contributed by atoms with Crippen LogP contribution >= 0.6 is 0 Å². The molecule has 1 amide bonds. The first kappa shape index (κ1) is 52.0. The second-order valence-electron chi connectivity index (χ2n) is 21.8. The number of carbonyl (C=O) groups excluding carboxylic acids is 1. The lowest BCUT2D eigenvalue weighted by Gasteiger charge is -2.63. The molecule has 4 aromatic carbocycles. The Morgan fingerprint density at radius 2 is 1.67 bits per heavy atom. The van der Waals surface area contributed by atoms with E-state index in [4.69, 9.17) is 9.47 Å². The number of carbonyl (C=O) groups is 1. The van der Waals surface area contributed by atoms with Gasteiger partial charge in [-0.25, -0.2) is 26.9 Å². The van der Waals surface area contributed by atoms with Gasteiger partial charge in [0.2, 0.25) is 0 Å². The highest BCUT2D eigenvalue weighted by atomic mass is 32.2. The molecule has 4 aliphatic rings. The number of rotatable bonds is 16. The van der Waals surface area contributed by atoms with E-state index in [0.29, 0.717) is 42.0 Å². The van der Waals surface area contributed by atoms with E-state index in [1.54, 1.807) is 18.3 Å². The maximum absolute atomic E-state index is 16.6. The lowest BCUT2D eigenvalue weighted by atomic mass is 9.58. The molecule has 0 radical (unpaired) electrons. The number of nitrogens with zero attached hydrogens (tertiary/aromatic N) is 5. The summed E-state index contributed by atoms with van der Waals surface area (Å²) in [5.41, 5.74) is 1.89. The maximum Gasteiger partial charge on any atom is 0.293 e. The Labute approximate surface area is 437 Å². The van der Waals surface area contributed by atoms with Crippen LogP contribution in [0.1, 0.15) is 99.2 Å². The van der Waals surface area contributed by atoms with Gasteiger partial charge < -0.3 is 24.7 Å². The number of aromatic nitrogens is 2. The number of piperidine rings is 1. The minimum Gasteiger partial charge on any atom is -0.455 e. The number of pyridine rings is 1. The third kappa shape index (κ3) is 10.7. The predicted molar refractivity (Wildman–Crippen MR) is 285 cm³/mol. The summed E-state index contributed by atoms with van der Waals surface area (Å²) < 4.78 is 73.0. The SMILES string of the molecule is CC(C)c1ccc(CN2CCN(C3CC4(CCN(c5cc(Oc6cnc7[nH]ccc7c6)c(C(=O)NS(=O)(=O)c6ccc(NCC7(F)CCOCC7)c([N+](=O)[O-])c6)cc5F)CC4)C3)C(c3ccccc3)(C(C)C)C2)cc1. The zero-order chi connectivity index (χ0) is 52.7. The van der Waals surface area contributed by atoms with E-state index in [1.807, 2.05) is 9.62 Å². The van der Waals surface area contributed by atoms with Crippen molar-refractivity contribution in [2.75, 3.05) is 62.7 Å². The molecule has 1 saturated carbocycles. The molecule has 10 rings (SSSR count). The van der Waals surface area contributed by atoms with Gasteiger partial charge in [0.05, 0.1) is 32.8 Å². The van der Waals surface area contributed by atoms with Gasteiger partial charge in [-0.3, -0.25) is 24.7 Å². The third-order valence-electron chi connectivity index (χ3n) is 16.4. The second kappa shape index (κ2) is 20.9. The summed E-state index contributed by atoms with van der Waals surface area (Å²) in [7, 11) is -4.79. The van der Waals surface area contributed by atoms with Crippen LogP contribution in [-0.2, 0) is 26.8 Å². The fourth-order valence-corrected chi connectivity index (χ4v) is 13.0. The minimum absolute atomic E-state index is 0.0844. The molecular formula is C57H66F2N8O7S. The summed E-state index contributed by atoms with van der Waals surface area (Å²) in [6.07, 6.45) is 7.09. The van der Waals surface area contributed by atoms with E-state index in [0.717, 1.165) is 76.1 Å². The van der Waals surface area contributed by atoms with Crippen LogP contribution in [-0.4, -0.2) is 103 Å². The van der Waals surface area contributed by atoms with Gasteiger partial charge in [-0.15, -0.1) is 0 Å². The number of amides is 1. The highest BCUT2D eigenvalue weighted by Gasteiger charge is 2.55. The molecule has 3 saturated heterocycles. The molecule has 1 unspecified atom stereocenters. The zero-order valence-corrected chi connectivity index (χ0v) is 43.8. The molecule has 4 fully saturated rings. The van der Waals surface area contributed by atoms with E-state index in [2.05, 4.69) is 107 Å². The van der Waals surface area contributed by atoms with Gasteiger partial charge in [-0.1, -0.05) is 82.3 Å². The van der Waals surface area contributed by atoms with Gasteiger partial charge in [0.15, 0.2) is 0 Å². The van der Waals surface area contributed by atoms with Crippen molar-refractivity contribution in [3.8, 4) is 11.5 Å². The Morgan fingerprint density at radius 3 is 2.36 bits per heavy atom. The number of hydrogen-bond acceptors (Lipinski definition) is 12. The number of halogens is 2. The topological polar surface area (TPSA) is 175 Å². The molecule has 396 valence electrons. The first-order valence-corrected chi connectivity index (χ1v) is 27.6. The molecule has 5 heterocycles. The Balaban J connectivity index is 0.858. The average Bonchev–Trinajstić information content (AvgIpc) is 3.89. The first-order chi connectivity index (χ1) is 35.9. The number of benzene rings is 4. The van der Waals surface area contributed by atoms with Crippen molar-refractivity contribution >= 4 is 44.0 Å². The minimum atomic E-state index is -4.79. The van der Waals surface area contributed by atoms with E-state index < -0.39 is 48.5 Å². The number of anilines is 2. The third-order valence-corrected chi connectivity index (χ3v) is 17.8. The van der Waals surface area contributed by atoms with Crippen LogP contribution < -0.4 is 19.7 Å². The standard InChI is InChI=1S/C57H66F2N8O7S/c1-38(2)41-12-10-40(11-13-41)35-64-24-25-66(57(37-64,39(3)4)43-8-6-5-7-9-43)44-32-55(33-44)17-22-65(23-18-55)50-31-52(74-45-28-42-16-21-60-53(42)61-34-45)47(30-48(50)58)54(68)63-75(71,72)46-14-15-49(51(29-46)67(69)70)62-36-56(59)19-26-73-27-20-56/h5-16,21,28-31,34,38-39,44,62H,17-20,22-27,32-33,35-37H2,1-4H3,(H,60,61)(H,63,68). The predicted octanol–water partition coefficient (Wildman–Crippen LogP) is 10.7. The van der Waals surface area contributed by atoms with Gasteiger partial charge >= 0.3 is 0 Å². The van der Waals surface area contributed by atoms with E-state index in [9.17, 15) is 23.3 Å². The number of piperazine rings is 1. The van der Waals surface area contributed by atoms with Crippen molar-refractivity contribution in [3.05, 3.63) is 148 Å². The van der Waals surface area contributed by atoms with E-state index >= 15 is 8.78 Å². The van der Waals surface area contributed by atoms with Crippen molar-refractivity contribution in [3.63, 3.8) is 0 Å². The van der Waals surface area contributed by atoms with Gasteiger partial charge in [0.25, 0.3) is 21.6 Å². The van der Waals surface area contributed by atoms with Crippen molar-refractivity contribution < 1.29 is 36.4 Å². The highest BCUT2D eigenvalue weighted by Crippen LogP contribution is 2.55. The molecule has 15 nitrogen and oxygen atoms in total. The maximum atomic E-state index is 16.6. The van der Waals surface area contributed by atoms with Gasteiger partial charge in [0.1, 0.15) is 34.3 Å². The van der Waals surface area contributed by atoms with Crippen LogP contribution in [0.15, 0.2) is 114 Å². The van der Waals surface area contributed by atoms with Gasteiger partial charge in [-0.2, -0.15) is 0 Å². The number of hydrogen-bond donors (Lipinski definition) is 3. The number of fused-ring (bicyclic) bond motifs is 1.